The lowest BCUT2D eigenvalue weighted by Gasteiger charge is -2.32. The number of anilines is 2. The molecule has 3 aromatic rings. The predicted octanol–water partition coefficient (Wildman–Crippen LogP) is 2.58. The van der Waals surface area contributed by atoms with Gasteiger partial charge in [-0.1, -0.05) is 36.6 Å². The highest BCUT2D eigenvalue weighted by molar-refractivity contribution is 7.51. The summed E-state index contributed by atoms with van der Waals surface area (Å²) in [6.07, 6.45) is 13.1. The number of aromatic nitrogens is 5. The van der Waals surface area contributed by atoms with Crippen molar-refractivity contribution in [1.29, 1.82) is 0 Å². The van der Waals surface area contributed by atoms with Crippen LogP contribution in [0, 0.1) is 0 Å². The average molecular weight is 785 g/mol. The molecule has 8 N–H and O–H groups in total. The zero-order valence-corrected chi connectivity index (χ0v) is 32.9. The number of carbonyl (C=O) groups is 2. The highest BCUT2D eigenvalue weighted by Gasteiger charge is 2.21. The van der Waals surface area contributed by atoms with Gasteiger partial charge < -0.3 is 46.6 Å². The van der Waals surface area contributed by atoms with E-state index in [1.807, 2.05) is 35.1 Å². The van der Waals surface area contributed by atoms with Crippen LogP contribution in [0.15, 0.2) is 30.5 Å². The Bertz CT molecular complexity index is 1660. The second-order valence-corrected chi connectivity index (χ2v) is 16.5. The van der Waals surface area contributed by atoms with Crippen molar-refractivity contribution < 1.29 is 23.9 Å². The lowest BCUT2D eigenvalue weighted by molar-refractivity contribution is -0.122. The van der Waals surface area contributed by atoms with Crippen LogP contribution < -0.4 is 31.9 Å². The summed E-state index contributed by atoms with van der Waals surface area (Å²) < 4.78 is 12.8. The molecule has 1 saturated carbocycles. The van der Waals surface area contributed by atoms with Gasteiger partial charge in [0.15, 0.2) is 0 Å². The van der Waals surface area contributed by atoms with Crippen LogP contribution in [0.2, 0.25) is 0 Å². The fraction of sp³-hybridized carbons (Fsp3) is 0.676. The molecule has 2 aliphatic rings. The molecule has 2 amide bonds. The Labute approximate surface area is 324 Å². The molecule has 0 atom stereocenters. The van der Waals surface area contributed by atoms with Crippen LogP contribution in [0.3, 0.4) is 0 Å². The monoisotopic (exact) mass is 784 g/mol. The Morgan fingerprint density at radius 2 is 1.56 bits per heavy atom. The number of hydrogen-bond acceptors (Lipinski definition) is 12. The molecule has 2 fully saturated rings. The number of carbonyl (C=O) groups excluding carboxylic acids is 2. The van der Waals surface area contributed by atoms with Crippen molar-refractivity contribution in [2.24, 2.45) is 0 Å². The third-order valence-electron chi connectivity index (χ3n) is 10.1. The summed E-state index contributed by atoms with van der Waals surface area (Å²) in [6, 6.07) is 8.97. The van der Waals surface area contributed by atoms with E-state index in [-0.39, 0.29) is 37.2 Å². The molecule has 55 heavy (non-hydrogen) atoms. The molecule has 3 heterocycles. The lowest BCUT2D eigenvalue weighted by Crippen LogP contribution is -2.42. The molecule has 0 unspecified atom stereocenters. The number of nitrogens with zero attached hydrogens (tertiary/aromatic N) is 6. The number of rotatable bonds is 24. The number of benzene rings is 1. The van der Waals surface area contributed by atoms with E-state index in [1.54, 1.807) is 0 Å². The third kappa shape index (κ3) is 16.1. The maximum absolute atomic E-state index is 12.2. The highest BCUT2D eigenvalue weighted by atomic mass is 31.2. The zero-order chi connectivity index (χ0) is 38.7. The molecule has 1 aromatic carbocycles. The van der Waals surface area contributed by atoms with Crippen molar-refractivity contribution in [3.8, 4) is 0 Å². The molecule has 1 aliphatic carbocycles. The van der Waals surface area contributed by atoms with Crippen LogP contribution in [-0.4, -0.2) is 122 Å². The number of likely N-dealkylation sites (tertiary alicyclic amines) is 1. The molecular weight excluding hydrogens is 723 g/mol. The summed E-state index contributed by atoms with van der Waals surface area (Å²) in [4.78, 5) is 53.7. The summed E-state index contributed by atoms with van der Waals surface area (Å²) in [5.41, 5.74) is 1.69. The summed E-state index contributed by atoms with van der Waals surface area (Å²) in [5, 5.41) is 29.3. The summed E-state index contributed by atoms with van der Waals surface area (Å²) in [6.45, 7) is 7.31. The summed E-state index contributed by atoms with van der Waals surface area (Å²) >= 11 is 0. The van der Waals surface area contributed by atoms with Crippen molar-refractivity contribution in [3.05, 3.63) is 36.2 Å². The molecule has 18 heteroatoms. The SMILES string of the molecule is O=C(CCCC(=O)NCCP(=O)(O)O)NCCN1CCC(Nc2nc(NCc3cn(CCCNCCCNC4CCCCC4)nn3)nc3ccccc23)CC1. The van der Waals surface area contributed by atoms with Crippen LogP contribution in [0.25, 0.3) is 10.9 Å². The van der Waals surface area contributed by atoms with E-state index in [4.69, 9.17) is 19.8 Å². The van der Waals surface area contributed by atoms with E-state index < -0.39 is 13.8 Å². The van der Waals surface area contributed by atoms with E-state index in [1.165, 1.54) is 32.1 Å². The molecule has 17 nitrogen and oxygen atoms in total. The zero-order valence-electron chi connectivity index (χ0n) is 32.1. The molecule has 5 rings (SSSR count). The Morgan fingerprint density at radius 3 is 2.35 bits per heavy atom. The second kappa shape index (κ2) is 22.7. The normalized spacial score (nSPS) is 16.0. The minimum atomic E-state index is -4.14. The van der Waals surface area contributed by atoms with E-state index in [0.29, 0.717) is 25.5 Å². The van der Waals surface area contributed by atoms with Crippen molar-refractivity contribution in [1.82, 2.24) is 51.1 Å². The van der Waals surface area contributed by atoms with Gasteiger partial charge >= 0.3 is 7.60 Å². The topological polar surface area (TPSA) is 224 Å². The fourth-order valence-electron chi connectivity index (χ4n) is 7.06. The van der Waals surface area contributed by atoms with Gasteiger partial charge in [0.25, 0.3) is 0 Å². The van der Waals surface area contributed by atoms with Crippen LogP contribution in [0.1, 0.15) is 82.7 Å². The number of amides is 2. The minimum absolute atomic E-state index is 0.0845. The van der Waals surface area contributed by atoms with Crippen molar-refractivity contribution in [2.45, 2.75) is 102 Å². The van der Waals surface area contributed by atoms with E-state index in [2.05, 4.69) is 47.1 Å². The van der Waals surface area contributed by atoms with Crippen molar-refractivity contribution in [3.63, 3.8) is 0 Å². The summed E-state index contributed by atoms with van der Waals surface area (Å²) in [7, 11) is -4.14. The first kappa shape index (κ1) is 42.4. The van der Waals surface area contributed by atoms with Crippen molar-refractivity contribution in [2.75, 3.05) is 69.2 Å². The number of piperidine rings is 1. The van der Waals surface area contributed by atoms with Crippen LogP contribution in [0.5, 0.6) is 0 Å². The summed E-state index contributed by atoms with van der Waals surface area (Å²) in [5.74, 6) is 0.899. The van der Waals surface area contributed by atoms with Crippen LogP contribution in [-0.2, 0) is 27.2 Å². The Balaban J connectivity index is 0.959. The van der Waals surface area contributed by atoms with Gasteiger partial charge in [-0.2, -0.15) is 4.98 Å². The van der Waals surface area contributed by atoms with E-state index in [0.717, 1.165) is 100.0 Å². The van der Waals surface area contributed by atoms with Gasteiger partial charge in [-0.3, -0.25) is 18.8 Å². The van der Waals surface area contributed by atoms with E-state index >= 15 is 0 Å². The Kier molecular flexibility index (Phi) is 17.5. The Morgan fingerprint density at radius 1 is 0.818 bits per heavy atom. The molecule has 1 saturated heterocycles. The highest BCUT2D eigenvalue weighted by Crippen LogP contribution is 2.32. The van der Waals surface area contributed by atoms with Gasteiger partial charge in [0.2, 0.25) is 17.8 Å². The first-order chi connectivity index (χ1) is 26.7. The number of nitrogens with one attached hydrogen (secondary N) is 6. The number of hydrogen-bond donors (Lipinski definition) is 8. The van der Waals surface area contributed by atoms with Crippen LogP contribution >= 0.6 is 7.60 Å². The average Bonchev–Trinajstić information content (AvgIpc) is 3.63. The lowest BCUT2D eigenvalue weighted by atomic mass is 9.95. The smallest absolute Gasteiger partial charge is 0.327 e. The van der Waals surface area contributed by atoms with Gasteiger partial charge in [0.05, 0.1) is 24.4 Å². The predicted molar refractivity (Wildman–Crippen MR) is 214 cm³/mol. The van der Waals surface area contributed by atoms with Gasteiger partial charge in [0.1, 0.15) is 11.5 Å². The molecule has 0 spiro atoms. The first-order valence-corrected chi connectivity index (χ1v) is 21.9. The Hall–Kier alpha value is -3.73. The van der Waals surface area contributed by atoms with Gasteiger partial charge in [0, 0.05) is 69.6 Å². The number of aryl methyl sites for hydroxylation is 1. The quantitative estimate of drug-likeness (QED) is 0.0483. The largest absolute Gasteiger partial charge is 0.367 e. The number of para-hydroxylation sites is 1. The molecule has 1 aliphatic heterocycles. The van der Waals surface area contributed by atoms with Gasteiger partial charge in [-0.15, -0.1) is 5.10 Å². The third-order valence-corrected chi connectivity index (χ3v) is 10.9. The van der Waals surface area contributed by atoms with Crippen molar-refractivity contribution >= 4 is 42.1 Å². The molecule has 304 valence electrons. The van der Waals surface area contributed by atoms with Gasteiger partial charge in [-0.25, -0.2) is 4.98 Å². The number of fused-ring (bicyclic) bond motifs is 1. The molecule has 0 radical (unpaired) electrons. The van der Waals surface area contributed by atoms with Crippen LogP contribution in [0.4, 0.5) is 11.8 Å². The molecule has 0 bridgehead atoms. The first-order valence-electron chi connectivity index (χ1n) is 20.1. The molecular formula is C37H61N12O5P. The van der Waals surface area contributed by atoms with Gasteiger partial charge in [-0.05, 0) is 76.7 Å². The maximum atomic E-state index is 12.2. The van der Waals surface area contributed by atoms with E-state index in [9.17, 15) is 14.2 Å². The maximum Gasteiger partial charge on any atom is 0.327 e. The second-order valence-electron chi connectivity index (χ2n) is 14.7. The fourth-order valence-corrected chi connectivity index (χ4v) is 7.46. The standard InChI is InChI=1S/C37H61N12O5P/c50-34(13-6-14-35(51)41-21-26-55(52,53)54)40-20-25-48-23-15-30(16-24-48)43-36-32-11-4-5-12-33(32)44-37(45-36)42-27-31-28-49(47-46-31)22-8-18-38-17-7-19-39-29-9-2-1-3-10-29/h4-5,11-12,28-30,38-39H,1-3,6-10,13-27H2,(H,40,50)(H,41,51)(H2,52,53,54)(H2,42,43,44,45). The molecule has 2 aromatic heterocycles. The minimum Gasteiger partial charge on any atom is -0.367 e.